The lowest BCUT2D eigenvalue weighted by Crippen LogP contribution is -2.31. The molecule has 0 radical (unpaired) electrons. The first-order valence-electron chi connectivity index (χ1n) is 13.3. The monoisotopic (exact) mass is 618 g/mol. The van der Waals surface area contributed by atoms with E-state index in [9.17, 15) is 18.0 Å². The Morgan fingerprint density at radius 2 is 1.58 bits per heavy atom. The van der Waals surface area contributed by atoms with Crippen LogP contribution in [-0.2, 0) is 21.4 Å². The molecule has 0 aliphatic carbocycles. The van der Waals surface area contributed by atoms with Crippen molar-refractivity contribution in [2.45, 2.75) is 19.5 Å². The molecule has 4 rings (SSSR count). The van der Waals surface area contributed by atoms with Crippen LogP contribution in [0, 0.1) is 0 Å². The molecule has 4 aromatic rings. The van der Waals surface area contributed by atoms with Gasteiger partial charge in [0.25, 0.3) is 11.8 Å². The van der Waals surface area contributed by atoms with Crippen LogP contribution in [0.25, 0.3) is 0 Å². The summed E-state index contributed by atoms with van der Waals surface area (Å²) in [6.45, 7) is 1.84. The number of ether oxygens (including phenoxy) is 1. The molecular weight excluding hydrogens is 588 g/mol. The van der Waals surface area contributed by atoms with E-state index in [1.54, 1.807) is 60.7 Å². The lowest BCUT2D eigenvalue weighted by molar-refractivity contribution is -0.123. The Kier molecular flexibility index (Phi) is 10.5. The number of hydrazone groups is 1. The number of anilines is 1. The van der Waals surface area contributed by atoms with Gasteiger partial charge in [-0.2, -0.15) is 5.10 Å². The van der Waals surface area contributed by atoms with Crippen LogP contribution in [0.3, 0.4) is 0 Å². The quantitative estimate of drug-likeness (QED) is 0.164. The number of rotatable bonds is 12. The highest BCUT2D eigenvalue weighted by Crippen LogP contribution is 2.24. The number of nitrogens with one attached hydrogen (secondary N) is 2. The summed E-state index contributed by atoms with van der Waals surface area (Å²) >= 11 is 6.22. The average molecular weight is 619 g/mol. The summed E-state index contributed by atoms with van der Waals surface area (Å²) < 4.78 is 31.7. The van der Waals surface area contributed by atoms with Gasteiger partial charge >= 0.3 is 0 Å². The molecular formula is C32H31ClN4O5S. The van der Waals surface area contributed by atoms with E-state index in [2.05, 4.69) is 15.8 Å². The molecule has 0 aromatic heterocycles. The van der Waals surface area contributed by atoms with E-state index in [0.717, 1.165) is 11.8 Å². The Morgan fingerprint density at radius 1 is 0.930 bits per heavy atom. The summed E-state index contributed by atoms with van der Waals surface area (Å²) in [5, 5.41) is 7.35. The maximum absolute atomic E-state index is 12.6. The predicted molar refractivity (Wildman–Crippen MR) is 169 cm³/mol. The molecule has 0 saturated carbocycles. The molecule has 0 spiro atoms. The average Bonchev–Trinajstić information content (AvgIpc) is 3.00. The van der Waals surface area contributed by atoms with E-state index in [1.165, 1.54) is 22.7 Å². The van der Waals surface area contributed by atoms with Gasteiger partial charge in [-0.05, 0) is 78.2 Å². The first kappa shape index (κ1) is 31.3. The molecule has 2 N–H and O–H groups in total. The lowest BCUT2D eigenvalue weighted by atomic mass is 10.1. The number of carbonyl (C=O) groups is 2. The van der Waals surface area contributed by atoms with Crippen molar-refractivity contribution in [1.29, 1.82) is 0 Å². The van der Waals surface area contributed by atoms with E-state index in [-0.39, 0.29) is 25.1 Å². The van der Waals surface area contributed by atoms with Crippen molar-refractivity contribution in [2.24, 2.45) is 5.10 Å². The lowest BCUT2D eigenvalue weighted by Gasteiger charge is -2.23. The molecule has 0 heterocycles. The molecule has 0 bridgehead atoms. The largest absolute Gasteiger partial charge is 0.484 e. The molecule has 0 fully saturated rings. The van der Waals surface area contributed by atoms with Crippen molar-refractivity contribution in [3.05, 3.63) is 130 Å². The van der Waals surface area contributed by atoms with Crippen LogP contribution in [0.2, 0.25) is 5.02 Å². The molecule has 11 heteroatoms. The fraction of sp³-hybridized carbons (Fsp3) is 0.156. The Morgan fingerprint density at radius 3 is 2.23 bits per heavy atom. The van der Waals surface area contributed by atoms with Crippen molar-refractivity contribution < 1.29 is 22.7 Å². The molecule has 0 saturated heterocycles. The number of halogens is 1. The Labute approximate surface area is 256 Å². The van der Waals surface area contributed by atoms with Gasteiger partial charge in [-0.3, -0.25) is 13.9 Å². The highest BCUT2D eigenvalue weighted by atomic mass is 35.5. The number of nitrogens with zero attached hydrogens (tertiary/aromatic N) is 2. The molecule has 1 atom stereocenters. The second kappa shape index (κ2) is 14.5. The minimum atomic E-state index is -3.62. The SMILES string of the molecule is C[C@@H](NC(=O)COc1ccc(C=NNC(=O)c2ccc(N(Cc3ccccc3Cl)S(C)(=O)=O)cc2)cc1)c1ccccc1. The van der Waals surface area contributed by atoms with Gasteiger partial charge < -0.3 is 10.1 Å². The van der Waals surface area contributed by atoms with Crippen molar-refractivity contribution in [1.82, 2.24) is 10.7 Å². The van der Waals surface area contributed by atoms with Gasteiger partial charge in [0, 0.05) is 10.6 Å². The zero-order valence-corrected chi connectivity index (χ0v) is 25.2. The third kappa shape index (κ3) is 9.16. The number of amides is 2. The van der Waals surface area contributed by atoms with Gasteiger partial charge in [0.1, 0.15) is 5.75 Å². The molecule has 0 unspecified atom stereocenters. The van der Waals surface area contributed by atoms with Crippen LogP contribution < -0.4 is 19.8 Å². The predicted octanol–water partition coefficient (Wildman–Crippen LogP) is 5.33. The zero-order chi connectivity index (χ0) is 30.8. The van der Waals surface area contributed by atoms with Gasteiger partial charge in [0.05, 0.1) is 30.7 Å². The minimum absolute atomic E-state index is 0.0544. The highest BCUT2D eigenvalue weighted by Gasteiger charge is 2.19. The first-order chi connectivity index (χ1) is 20.6. The van der Waals surface area contributed by atoms with E-state index < -0.39 is 15.9 Å². The summed E-state index contributed by atoms with van der Waals surface area (Å²) in [6.07, 6.45) is 2.58. The second-order valence-electron chi connectivity index (χ2n) is 9.66. The first-order valence-corrected chi connectivity index (χ1v) is 15.5. The molecule has 9 nitrogen and oxygen atoms in total. The third-order valence-electron chi connectivity index (χ3n) is 6.40. The van der Waals surface area contributed by atoms with Gasteiger partial charge in [-0.25, -0.2) is 13.8 Å². The smallest absolute Gasteiger partial charge is 0.271 e. The van der Waals surface area contributed by atoms with Crippen molar-refractivity contribution in [2.75, 3.05) is 17.2 Å². The molecule has 0 aliphatic heterocycles. The van der Waals surface area contributed by atoms with Gasteiger partial charge in [-0.1, -0.05) is 60.1 Å². The third-order valence-corrected chi connectivity index (χ3v) is 7.91. The minimum Gasteiger partial charge on any atom is -0.484 e. The molecule has 0 aliphatic rings. The van der Waals surface area contributed by atoms with Crippen LogP contribution in [-0.4, -0.2) is 39.3 Å². The zero-order valence-electron chi connectivity index (χ0n) is 23.6. The van der Waals surface area contributed by atoms with E-state index >= 15 is 0 Å². The van der Waals surface area contributed by atoms with Crippen LogP contribution in [0.1, 0.15) is 40.0 Å². The normalized spacial score (nSPS) is 12.0. The van der Waals surface area contributed by atoms with Gasteiger partial charge in [0.2, 0.25) is 10.0 Å². The highest BCUT2D eigenvalue weighted by molar-refractivity contribution is 7.92. The fourth-order valence-corrected chi connectivity index (χ4v) is 5.17. The van der Waals surface area contributed by atoms with Crippen LogP contribution in [0.5, 0.6) is 5.75 Å². The molecule has 4 aromatic carbocycles. The van der Waals surface area contributed by atoms with Crippen LogP contribution in [0.4, 0.5) is 5.69 Å². The maximum atomic E-state index is 12.6. The molecule has 43 heavy (non-hydrogen) atoms. The van der Waals surface area contributed by atoms with Crippen LogP contribution in [0.15, 0.2) is 108 Å². The molecule has 2 amide bonds. The summed E-state index contributed by atoms with van der Waals surface area (Å²) in [5.74, 6) is -0.181. The van der Waals surface area contributed by atoms with E-state index in [1.807, 2.05) is 37.3 Å². The van der Waals surface area contributed by atoms with E-state index in [0.29, 0.717) is 33.1 Å². The second-order valence-corrected chi connectivity index (χ2v) is 12.0. The topological polar surface area (TPSA) is 117 Å². The summed E-state index contributed by atoms with van der Waals surface area (Å²) in [4.78, 5) is 24.8. The number of carbonyl (C=O) groups excluding carboxylic acids is 2. The fourth-order valence-electron chi connectivity index (χ4n) is 4.10. The van der Waals surface area contributed by atoms with Crippen molar-refractivity contribution >= 4 is 45.3 Å². The Bertz CT molecular complexity index is 1680. The van der Waals surface area contributed by atoms with E-state index in [4.69, 9.17) is 16.3 Å². The van der Waals surface area contributed by atoms with Gasteiger partial charge in [0.15, 0.2) is 6.61 Å². The number of hydrogen-bond acceptors (Lipinski definition) is 6. The van der Waals surface area contributed by atoms with Crippen molar-refractivity contribution in [3.8, 4) is 5.75 Å². The summed E-state index contributed by atoms with van der Waals surface area (Å²) in [6, 6.07) is 29.6. The Balaban J connectivity index is 1.28. The number of benzene rings is 4. The molecule has 222 valence electrons. The number of sulfonamides is 1. The standard InChI is InChI=1S/C32H31ClN4O5S/c1-23(25-8-4-3-5-9-25)35-31(38)22-42-29-18-12-24(13-19-29)20-34-36-32(39)26-14-16-28(17-15-26)37(43(2,40)41)21-27-10-6-7-11-30(27)33/h3-20,23H,21-22H2,1-2H3,(H,35,38)(H,36,39)/t23-/m1/s1. The Hall–Kier alpha value is -4.67. The van der Waals surface area contributed by atoms with Crippen LogP contribution >= 0.6 is 11.6 Å². The maximum Gasteiger partial charge on any atom is 0.271 e. The summed E-state index contributed by atoms with van der Waals surface area (Å²) in [7, 11) is -3.62. The summed E-state index contributed by atoms with van der Waals surface area (Å²) in [5.41, 5.74) is 5.52. The van der Waals surface area contributed by atoms with Gasteiger partial charge in [-0.15, -0.1) is 0 Å². The van der Waals surface area contributed by atoms with Crippen molar-refractivity contribution in [3.63, 3.8) is 0 Å². The number of hydrogen-bond donors (Lipinski definition) is 2.